The molecule has 2 fully saturated rings. The summed E-state index contributed by atoms with van der Waals surface area (Å²) in [6, 6.07) is 0.309. The number of carbonyl (C=O) groups excluding carboxylic acids is 1. The number of rotatable bonds is 7. The Morgan fingerprint density at radius 1 is 1.24 bits per heavy atom. The van der Waals surface area contributed by atoms with Crippen LogP contribution in [0.4, 0.5) is 0 Å². The van der Waals surface area contributed by atoms with Gasteiger partial charge in [0.25, 0.3) is 0 Å². The van der Waals surface area contributed by atoms with Crippen molar-refractivity contribution in [2.24, 2.45) is 11.7 Å². The number of thioether (sulfide) groups is 1. The first-order valence-electron chi connectivity index (χ1n) is 8.74. The molecule has 21 heavy (non-hydrogen) atoms. The monoisotopic (exact) mass is 312 g/mol. The van der Waals surface area contributed by atoms with E-state index in [1.807, 2.05) is 0 Å². The molecule has 3 nitrogen and oxygen atoms in total. The summed E-state index contributed by atoms with van der Waals surface area (Å²) in [6.45, 7) is 4.22. The van der Waals surface area contributed by atoms with Gasteiger partial charge in [-0.3, -0.25) is 4.79 Å². The zero-order chi connectivity index (χ0) is 15.3. The van der Waals surface area contributed by atoms with Gasteiger partial charge in [-0.05, 0) is 57.6 Å². The second-order valence-electron chi connectivity index (χ2n) is 7.14. The summed E-state index contributed by atoms with van der Waals surface area (Å²) in [5.41, 5.74) is 5.33. The molecule has 0 bridgehead atoms. The summed E-state index contributed by atoms with van der Waals surface area (Å²) in [7, 11) is 0. The predicted molar refractivity (Wildman–Crippen MR) is 91.5 cm³/mol. The van der Waals surface area contributed by atoms with E-state index in [0.717, 1.165) is 30.9 Å². The number of hydrogen-bond acceptors (Lipinski definition) is 3. The molecule has 0 aliphatic heterocycles. The summed E-state index contributed by atoms with van der Waals surface area (Å²) in [5, 5.41) is 4.37. The van der Waals surface area contributed by atoms with Gasteiger partial charge in [0.15, 0.2) is 0 Å². The van der Waals surface area contributed by atoms with E-state index in [2.05, 4.69) is 30.9 Å². The highest BCUT2D eigenvalue weighted by Crippen LogP contribution is 2.40. The highest BCUT2D eigenvalue weighted by atomic mass is 32.2. The van der Waals surface area contributed by atoms with Crippen molar-refractivity contribution in [2.45, 2.75) is 88.5 Å². The van der Waals surface area contributed by atoms with Crippen LogP contribution >= 0.6 is 11.8 Å². The number of primary amides is 1. The van der Waals surface area contributed by atoms with E-state index in [9.17, 15) is 4.79 Å². The molecule has 2 saturated carbocycles. The third-order valence-electron chi connectivity index (χ3n) is 5.18. The number of carbonyl (C=O) groups is 1. The molecule has 0 aromatic rings. The van der Waals surface area contributed by atoms with Crippen LogP contribution in [0.25, 0.3) is 0 Å². The Morgan fingerprint density at radius 2 is 1.95 bits per heavy atom. The number of hydrogen-bond donors (Lipinski definition) is 2. The van der Waals surface area contributed by atoms with Gasteiger partial charge in [-0.25, -0.2) is 0 Å². The van der Waals surface area contributed by atoms with Gasteiger partial charge in [-0.1, -0.05) is 25.7 Å². The predicted octanol–water partition coefficient (Wildman–Crippen LogP) is 3.46. The van der Waals surface area contributed by atoms with E-state index in [4.69, 9.17) is 5.73 Å². The van der Waals surface area contributed by atoms with Crippen LogP contribution in [0.2, 0.25) is 0 Å². The molecule has 0 saturated heterocycles. The maximum Gasteiger partial charge on any atom is 0.238 e. The maximum absolute atomic E-state index is 12.1. The molecule has 0 radical (unpaired) electrons. The number of nitrogens with two attached hydrogens (primary N) is 1. The Bertz CT molecular complexity index is 342. The van der Waals surface area contributed by atoms with Crippen molar-refractivity contribution < 1.29 is 4.79 Å². The normalized spacial score (nSPS) is 30.9. The molecular weight excluding hydrogens is 280 g/mol. The third-order valence-corrected chi connectivity index (χ3v) is 6.59. The van der Waals surface area contributed by atoms with E-state index in [0.29, 0.717) is 12.0 Å². The van der Waals surface area contributed by atoms with E-state index >= 15 is 0 Å². The second kappa shape index (κ2) is 7.87. The van der Waals surface area contributed by atoms with Gasteiger partial charge in [0.1, 0.15) is 5.54 Å². The van der Waals surface area contributed by atoms with Crippen molar-refractivity contribution in [1.82, 2.24) is 5.32 Å². The van der Waals surface area contributed by atoms with Gasteiger partial charge in [0.2, 0.25) is 5.91 Å². The molecule has 2 aliphatic rings. The van der Waals surface area contributed by atoms with Crippen molar-refractivity contribution >= 4 is 17.7 Å². The Morgan fingerprint density at radius 3 is 2.57 bits per heavy atom. The summed E-state index contributed by atoms with van der Waals surface area (Å²) >= 11 is 2.14. The fraction of sp³-hybridized carbons (Fsp3) is 0.941. The van der Waals surface area contributed by atoms with Crippen molar-refractivity contribution in [3.05, 3.63) is 0 Å². The molecule has 2 unspecified atom stereocenters. The molecule has 2 rings (SSSR count). The highest BCUT2D eigenvalue weighted by molar-refractivity contribution is 7.99. The molecule has 2 aliphatic carbocycles. The van der Waals surface area contributed by atoms with Gasteiger partial charge < -0.3 is 11.1 Å². The SMILES string of the molecule is CC(C)NC1(C(N)=O)CCCC1CCSC1CCCCC1. The van der Waals surface area contributed by atoms with Gasteiger partial charge in [0.05, 0.1) is 0 Å². The molecular formula is C17H32N2OS. The molecule has 122 valence electrons. The fourth-order valence-corrected chi connectivity index (χ4v) is 5.60. The van der Waals surface area contributed by atoms with Gasteiger partial charge in [-0.2, -0.15) is 11.8 Å². The zero-order valence-electron chi connectivity index (χ0n) is 13.7. The third kappa shape index (κ3) is 4.38. The van der Waals surface area contributed by atoms with Crippen molar-refractivity contribution in [2.75, 3.05) is 5.75 Å². The van der Waals surface area contributed by atoms with E-state index in [-0.39, 0.29) is 5.91 Å². The van der Waals surface area contributed by atoms with Crippen LogP contribution in [0.15, 0.2) is 0 Å². The second-order valence-corrected chi connectivity index (χ2v) is 8.55. The first-order valence-corrected chi connectivity index (χ1v) is 9.78. The molecule has 4 heteroatoms. The van der Waals surface area contributed by atoms with Gasteiger partial charge in [-0.15, -0.1) is 0 Å². The van der Waals surface area contributed by atoms with Crippen LogP contribution in [-0.2, 0) is 4.79 Å². The van der Waals surface area contributed by atoms with Crippen molar-refractivity contribution in [3.8, 4) is 0 Å². The largest absolute Gasteiger partial charge is 0.368 e. The van der Waals surface area contributed by atoms with Crippen molar-refractivity contribution in [3.63, 3.8) is 0 Å². The Balaban J connectivity index is 1.86. The molecule has 0 heterocycles. The van der Waals surface area contributed by atoms with Crippen LogP contribution in [0.3, 0.4) is 0 Å². The quantitative estimate of drug-likeness (QED) is 0.757. The Kier molecular flexibility index (Phi) is 6.42. The molecule has 0 spiro atoms. The van der Waals surface area contributed by atoms with E-state index < -0.39 is 5.54 Å². The van der Waals surface area contributed by atoms with E-state index in [1.54, 1.807) is 0 Å². The van der Waals surface area contributed by atoms with Crippen LogP contribution in [-0.4, -0.2) is 28.5 Å². The lowest BCUT2D eigenvalue weighted by Crippen LogP contribution is -2.60. The van der Waals surface area contributed by atoms with Gasteiger partial charge >= 0.3 is 0 Å². The summed E-state index contributed by atoms with van der Waals surface area (Å²) < 4.78 is 0. The molecule has 3 N–H and O–H groups in total. The van der Waals surface area contributed by atoms with E-state index in [1.165, 1.54) is 37.9 Å². The average Bonchev–Trinajstić information content (AvgIpc) is 2.83. The minimum absolute atomic E-state index is 0.138. The smallest absolute Gasteiger partial charge is 0.238 e. The lowest BCUT2D eigenvalue weighted by atomic mass is 9.83. The maximum atomic E-state index is 12.1. The zero-order valence-corrected chi connectivity index (χ0v) is 14.5. The minimum atomic E-state index is -0.443. The molecule has 0 aromatic heterocycles. The molecule has 2 atom stereocenters. The van der Waals surface area contributed by atoms with Crippen LogP contribution in [0, 0.1) is 5.92 Å². The lowest BCUT2D eigenvalue weighted by Gasteiger charge is -2.36. The minimum Gasteiger partial charge on any atom is -0.368 e. The average molecular weight is 313 g/mol. The molecule has 0 aromatic carbocycles. The first-order chi connectivity index (χ1) is 10.0. The standard InChI is InChI=1S/C17H32N2OS/c1-13(2)19-17(16(18)20)11-6-7-14(17)10-12-21-15-8-4-3-5-9-15/h13-15,19H,3-12H2,1-2H3,(H2,18,20). The Hall–Kier alpha value is -0.220. The highest BCUT2D eigenvalue weighted by Gasteiger charge is 2.47. The lowest BCUT2D eigenvalue weighted by molar-refractivity contribution is -0.126. The van der Waals surface area contributed by atoms with Crippen molar-refractivity contribution in [1.29, 1.82) is 0 Å². The van der Waals surface area contributed by atoms with Gasteiger partial charge in [0, 0.05) is 11.3 Å². The van der Waals surface area contributed by atoms with Crippen LogP contribution in [0.5, 0.6) is 0 Å². The van der Waals surface area contributed by atoms with Crippen LogP contribution in [0.1, 0.15) is 71.6 Å². The summed E-state index contributed by atoms with van der Waals surface area (Å²) in [5.74, 6) is 1.47. The fourth-order valence-electron chi connectivity index (χ4n) is 4.18. The number of amides is 1. The molecule has 1 amide bonds. The number of nitrogens with one attached hydrogen (secondary N) is 1. The summed E-state index contributed by atoms with van der Waals surface area (Å²) in [6.07, 6.45) is 11.3. The topological polar surface area (TPSA) is 55.1 Å². The Labute approximate surface area is 134 Å². The summed E-state index contributed by atoms with van der Waals surface area (Å²) in [4.78, 5) is 12.1. The van der Waals surface area contributed by atoms with Crippen LogP contribution < -0.4 is 11.1 Å². The first kappa shape index (κ1) is 17.1.